The first-order chi connectivity index (χ1) is 17.4. The number of amides is 1. The number of aldehydes is 1. The standard InChI is InChI=1S/C28H34ClN5O3/c1-16-22(17(2)32-26(31-16)34-11-9-18(15-35)10-12-34)23(36)33-24-27(3,4)25(28(24,5)6)37-20-8-7-19(14-30)21(29)13-20/h7-8,13,15,18,24-25H,9-12H2,1-6H3,(H,33,36)/t24-,25-. The number of aryl methyl sites for hydroxylation is 2. The Bertz CT molecular complexity index is 1220. The lowest BCUT2D eigenvalue weighted by Gasteiger charge is -2.63. The number of halogens is 1. The quantitative estimate of drug-likeness (QED) is 0.549. The molecular formula is C28H34ClN5O3. The number of ether oxygens (including phenoxy) is 1. The van der Waals surface area contributed by atoms with E-state index in [2.05, 4.69) is 53.9 Å². The molecule has 4 rings (SSSR count). The van der Waals surface area contributed by atoms with E-state index >= 15 is 0 Å². The maximum atomic E-state index is 13.5. The fourth-order valence-electron chi connectivity index (χ4n) is 6.20. The number of piperidine rings is 1. The lowest BCUT2D eigenvalue weighted by atomic mass is 9.49. The number of hydrogen-bond donors (Lipinski definition) is 1. The molecule has 1 aliphatic carbocycles. The molecule has 1 N–H and O–H groups in total. The second-order valence-corrected chi connectivity index (χ2v) is 11.7. The Hall–Kier alpha value is -3.18. The molecule has 0 atom stereocenters. The van der Waals surface area contributed by atoms with E-state index in [1.165, 1.54) is 0 Å². The summed E-state index contributed by atoms with van der Waals surface area (Å²) in [5.74, 6) is 1.09. The molecule has 1 aromatic carbocycles. The van der Waals surface area contributed by atoms with Gasteiger partial charge in [0.15, 0.2) is 0 Å². The number of nitriles is 1. The largest absolute Gasteiger partial charge is 0.489 e. The van der Waals surface area contributed by atoms with Crippen molar-refractivity contribution in [3.63, 3.8) is 0 Å². The van der Waals surface area contributed by atoms with E-state index in [1.54, 1.807) is 18.2 Å². The number of benzene rings is 1. The predicted octanol–water partition coefficient (Wildman–Crippen LogP) is 4.65. The first-order valence-corrected chi connectivity index (χ1v) is 13.0. The van der Waals surface area contributed by atoms with Gasteiger partial charge in [-0.15, -0.1) is 0 Å². The molecule has 2 fully saturated rings. The second-order valence-electron chi connectivity index (χ2n) is 11.3. The molecule has 1 saturated heterocycles. The molecule has 0 unspecified atom stereocenters. The third kappa shape index (κ3) is 4.89. The van der Waals surface area contributed by atoms with Crippen molar-refractivity contribution in [3.05, 3.63) is 45.7 Å². The van der Waals surface area contributed by atoms with E-state index in [4.69, 9.17) is 21.6 Å². The van der Waals surface area contributed by atoms with Crippen molar-refractivity contribution in [2.45, 2.75) is 66.5 Å². The number of anilines is 1. The van der Waals surface area contributed by atoms with Gasteiger partial charge in [-0.25, -0.2) is 9.97 Å². The molecule has 8 nitrogen and oxygen atoms in total. The molecule has 0 radical (unpaired) electrons. The van der Waals surface area contributed by atoms with Crippen molar-refractivity contribution in [1.82, 2.24) is 15.3 Å². The molecule has 0 spiro atoms. The van der Waals surface area contributed by atoms with Crippen molar-refractivity contribution in [1.29, 1.82) is 5.26 Å². The third-order valence-electron chi connectivity index (χ3n) is 7.93. The van der Waals surface area contributed by atoms with Crippen LogP contribution in [-0.2, 0) is 4.79 Å². The molecular weight excluding hydrogens is 490 g/mol. The van der Waals surface area contributed by atoms with E-state index in [9.17, 15) is 9.59 Å². The fourth-order valence-corrected chi connectivity index (χ4v) is 6.42. The van der Waals surface area contributed by atoms with Gasteiger partial charge in [-0.1, -0.05) is 39.3 Å². The van der Waals surface area contributed by atoms with Crippen LogP contribution in [0.25, 0.3) is 0 Å². The van der Waals surface area contributed by atoms with Crippen molar-refractivity contribution in [2.75, 3.05) is 18.0 Å². The average Bonchev–Trinajstić information content (AvgIpc) is 2.85. The maximum Gasteiger partial charge on any atom is 0.255 e. The molecule has 1 saturated carbocycles. The van der Waals surface area contributed by atoms with E-state index in [1.807, 2.05) is 13.8 Å². The van der Waals surface area contributed by atoms with Crippen LogP contribution in [-0.4, -0.2) is 47.4 Å². The fraction of sp³-hybridized carbons (Fsp3) is 0.536. The van der Waals surface area contributed by atoms with Crippen molar-refractivity contribution < 1.29 is 14.3 Å². The van der Waals surface area contributed by atoms with Gasteiger partial charge < -0.3 is 19.7 Å². The number of nitrogens with one attached hydrogen (secondary N) is 1. The molecule has 196 valence electrons. The summed E-state index contributed by atoms with van der Waals surface area (Å²) >= 11 is 6.20. The van der Waals surface area contributed by atoms with Crippen LogP contribution in [0, 0.1) is 41.9 Å². The summed E-state index contributed by atoms with van der Waals surface area (Å²) in [7, 11) is 0. The Morgan fingerprint density at radius 2 is 1.76 bits per heavy atom. The predicted molar refractivity (Wildman–Crippen MR) is 142 cm³/mol. The van der Waals surface area contributed by atoms with Crippen LogP contribution >= 0.6 is 11.6 Å². The zero-order valence-corrected chi connectivity index (χ0v) is 23.0. The topological polar surface area (TPSA) is 108 Å². The number of nitrogens with zero attached hydrogens (tertiary/aromatic N) is 4. The maximum absolute atomic E-state index is 13.5. The highest BCUT2D eigenvalue weighted by Gasteiger charge is 2.64. The Morgan fingerprint density at radius 1 is 1.16 bits per heavy atom. The summed E-state index contributed by atoms with van der Waals surface area (Å²) in [6, 6.07) is 6.95. The van der Waals surface area contributed by atoms with Crippen LogP contribution < -0.4 is 15.0 Å². The van der Waals surface area contributed by atoms with Gasteiger partial charge in [0, 0.05) is 41.9 Å². The molecule has 0 bridgehead atoms. The Balaban J connectivity index is 1.49. The van der Waals surface area contributed by atoms with E-state index in [0.717, 1.165) is 32.2 Å². The minimum atomic E-state index is -0.370. The van der Waals surface area contributed by atoms with Gasteiger partial charge in [-0.2, -0.15) is 5.26 Å². The van der Waals surface area contributed by atoms with Gasteiger partial charge in [0.25, 0.3) is 5.91 Å². The number of aromatic nitrogens is 2. The van der Waals surface area contributed by atoms with Gasteiger partial charge in [0.2, 0.25) is 5.95 Å². The number of carbonyl (C=O) groups excluding carboxylic acids is 2. The highest BCUT2D eigenvalue weighted by Crippen LogP contribution is 2.55. The van der Waals surface area contributed by atoms with Crippen LogP contribution in [0.4, 0.5) is 5.95 Å². The summed E-state index contributed by atoms with van der Waals surface area (Å²) in [5, 5.41) is 12.7. The number of rotatable bonds is 6. The van der Waals surface area contributed by atoms with Gasteiger partial charge >= 0.3 is 0 Å². The van der Waals surface area contributed by atoms with E-state index < -0.39 is 0 Å². The van der Waals surface area contributed by atoms with Gasteiger partial charge in [0.05, 0.1) is 27.5 Å². The zero-order chi connectivity index (χ0) is 27.1. The van der Waals surface area contributed by atoms with Crippen LogP contribution in [0.15, 0.2) is 18.2 Å². The molecule has 1 amide bonds. The minimum Gasteiger partial charge on any atom is -0.489 e. The average molecular weight is 524 g/mol. The van der Waals surface area contributed by atoms with Crippen LogP contribution in [0.3, 0.4) is 0 Å². The Labute approximate surface area is 223 Å². The Kier molecular flexibility index (Phi) is 7.22. The summed E-state index contributed by atoms with van der Waals surface area (Å²) < 4.78 is 6.33. The first-order valence-electron chi connectivity index (χ1n) is 12.6. The van der Waals surface area contributed by atoms with Crippen LogP contribution in [0.5, 0.6) is 5.75 Å². The number of hydrogen-bond acceptors (Lipinski definition) is 7. The lowest BCUT2D eigenvalue weighted by molar-refractivity contribution is -0.164. The van der Waals surface area contributed by atoms with E-state index in [-0.39, 0.29) is 34.8 Å². The summed E-state index contributed by atoms with van der Waals surface area (Å²) in [4.78, 5) is 35.9. The minimum absolute atomic E-state index is 0.0967. The number of carbonyl (C=O) groups is 2. The van der Waals surface area contributed by atoms with Gasteiger partial charge in [-0.05, 0) is 38.8 Å². The second kappa shape index (κ2) is 9.94. The van der Waals surface area contributed by atoms with Crippen LogP contribution in [0.2, 0.25) is 5.02 Å². The van der Waals surface area contributed by atoms with Gasteiger partial charge in [0.1, 0.15) is 24.2 Å². The monoisotopic (exact) mass is 523 g/mol. The summed E-state index contributed by atoms with van der Waals surface area (Å²) in [5.41, 5.74) is 1.41. The molecule has 9 heteroatoms. The summed E-state index contributed by atoms with van der Waals surface area (Å²) in [6.45, 7) is 13.4. The zero-order valence-electron chi connectivity index (χ0n) is 22.3. The van der Waals surface area contributed by atoms with Gasteiger partial charge in [-0.3, -0.25) is 4.79 Å². The summed E-state index contributed by atoms with van der Waals surface area (Å²) in [6.07, 6.45) is 2.42. The van der Waals surface area contributed by atoms with E-state index in [0.29, 0.717) is 39.2 Å². The van der Waals surface area contributed by atoms with Crippen molar-refractivity contribution in [3.8, 4) is 11.8 Å². The van der Waals surface area contributed by atoms with Crippen LogP contribution in [0.1, 0.15) is 67.8 Å². The molecule has 2 heterocycles. The molecule has 1 aliphatic heterocycles. The molecule has 2 aromatic rings. The highest BCUT2D eigenvalue weighted by molar-refractivity contribution is 6.31. The lowest BCUT2D eigenvalue weighted by Crippen LogP contribution is -2.74. The molecule has 1 aromatic heterocycles. The first kappa shape index (κ1) is 26.9. The Morgan fingerprint density at radius 3 is 2.27 bits per heavy atom. The normalized spacial score (nSPS) is 22.5. The SMILES string of the molecule is Cc1nc(N2CCC(C=O)CC2)nc(C)c1C(=O)N[C@H]1C(C)(C)[C@H](Oc2ccc(C#N)c(Cl)c2)C1(C)C. The smallest absolute Gasteiger partial charge is 0.255 e. The van der Waals surface area contributed by atoms with Crippen molar-refractivity contribution >= 4 is 29.7 Å². The molecule has 37 heavy (non-hydrogen) atoms. The third-order valence-corrected chi connectivity index (χ3v) is 8.24. The van der Waals surface area contributed by atoms with Crippen molar-refractivity contribution in [2.24, 2.45) is 16.7 Å². The highest BCUT2D eigenvalue weighted by atomic mass is 35.5. The molecule has 2 aliphatic rings.